The number of hydrogen-bond donors (Lipinski definition) is 1. The van der Waals surface area contributed by atoms with Crippen LogP contribution in [0.3, 0.4) is 0 Å². The maximum Gasteiger partial charge on any atom is 0.270 e. The van der Waals surface area contributed by atoms with E-state index in [2.05, 4.69) is 10.3 Å². The first-order chi connectivity index (χ1) is 13.3. The summed E-state index contributed by atoms with van der Waals surface area (Å²) < 4.78 is 5.71. The summed E-state index contributed by atoms with van der Waals surface area (Å²) in [5, 5.41) is 15.8. The van der Waals surface area contributed by atoms with Crippen molar-refractivity contribution >= 4 is 28.1 Å². The minimum Gasteiger partial charge on any atom is -0.483 e. The molecule has 0 unspecified atom stereocenters. The first-order valence-corrected chi connectivity index (χ1v) is 9.43. The Labute approximate surface area is 166 Å². The van der Waals surface area contributed by atoms with Crippen LogP contribution in [0.1, 0.15) is 16.7 Å². The molecule has 0 aliphatic carbocycles. The Balaban J connectivity index is 1.66. The summed E-state index contributed by atoms with van der Waals surface area (Å²) in [7, 11) is 0. The number of nitro benzene ring substituents is 1. The number of anilines is 1. The fourth-order valence-corrected chi connectivity index (χ4v) is 3.42. The molecule has 1 aromatic heterocycles. The summed E-state index contributed by atoms with van der Waals surface area (Å²) in [6.45, 7) is 5.76. The van der Waals surface area contributed by atoms with Crippen molar-refractivity contribution in [2.45, 2.75) is 20.8 Å². The molecule has 7 nitrogen and oxygen atoms in total. The van der Waals surface area contributed by atoms with E-state index in [0.717, 1.165) is 16.7 Å². The van der Waals surface area contributed by atoms with Crippen LogP contribution in [0.2, 0.25) is 0 Å². The molecule has 0 bridgehead atoms. The smallest absolute Gasteiger partial charge is 0.270 e. The third-order valence-corrected chi connectivity index (χ3v) is 5.08. The second kappa shape index (κ2) is 8.18. The average molecular weight is 397 g/mol. The molecule has 0 spiro atoms. The minimum atomic E-state index is -0.453. The molecular formula is C20H19N3O4S. The molecule has 1 amide bonds. The van der Waals surface area contributed by atoms with Crippen LogP contribution in [0.4, 0.5) is 10.8 Å². The predicted octanol–water partition coefficient (Wildman–Crippen LogP) is 4.66. The van der Waals surface area contributed by atoms with Gasteiger partial charge in [0.25, 0.3) is 11.6 Å². The summed E-state index contributed by atoms with van der Waals surface area (Å²) in [4.78, 5) is 27.0. The zero-order chi connectivity index (χ0) is 20.3. The van der Waals surface area contributed by atoms with E-state index in [4.69, 9.17) is 4.74 Å². The summed E-state index contributed by atoms with van der Waals surface area (Å²) in [6, 6.07) is 10.2. The molecular weight excluding hydrogens is 378 g/mol. The van der Waals surface area contributed by atoms with Gasteiger partial charge in [-0.3, -0.25) is 20.2 Å². The molecule has 0 fully saturated rings. The molecule has 0 radical (unpaired) electrons. The van der Waals surface area contributed by atoms with Gasteiger partial charge in [-0.1, -0.05) is 24.3 Å². The topological polar surface area (TPSA) is 94.4 Å². The Morgan fingerprint density at radius 2 is 1.96 bits per heavy atom. The summed E-state index contributed by atoms with van der Waals surface area (Å²) in [5.74, 6) is 0.395. The number of non-ortho nitro benzene ring substituents is 1. The lowest BCUT2D eigenvalue weighted by Gasteiger charge is -2.13. The number of nitrogens with one attached hydrogen (secondary N) is 1. The largest absolute Gasteiger partial charge is 0.483 e. The quantitative estimate of drug-likeness (QED) is 0.482. The fraction of sp³-hybridized carbons (Fsp3) is 0.200. The van der Waals surface area contributed by atoms with Crippen molar-refractivity contribution in [3.63, 3.8) is 0 Å². The van der Waals surface area contributed by atoms with Gasteiger partial charge in [-0.25, -0.2) is 4.98 Å². The van der Waals surface area contributed by atoms with Gasteiger partial charge in [0.05, 0.1) is 10.6 Å². The minimum absolute atomic E-state index is 0.00613. The van der Waals surface area contributed by atoms with Gasteiger partial charge in [-0.15, -0.1) is 11.3 Å². The zero-order valence-corrected chi connectivity index (χ0v) is 16.5. The monoisotopic (exact) mass is 397 g/mol. The number of aryl methyl sites for hydroxylation is 2. The molecule has 2 aromatic carbocycles. The highest BCUT2D eigenvalue weighted by atomic mass is 32.1. The van der Waals surface area contributed by atoms with Crippen LogP contribution < -0.4 is 10.1 Å². The Morgan fingerprint density at radius 1 is 1.21 bits per heavy atom. The first-order valence-electron chi connectivity index (χ1n) is 8.55. The van der Waals surface area contributed by atoms with Crippen LogP contribution in [-0.2, 0) is 4.79 Å². The molecule has 0 saturated carbocycles. The second-order valence-electron chi connectivity index (χ2n) is 6.34. The van der Waals surface area contributed by atoms with Gasteiger partial charge in [0.1, 0.15) is 5.75 Å². The number of amides is 1. The Kier molecular flexibility index (Phi) is 5.70. The molecule has 0 atom stereocenters. The maximum absolute atomic E-state index is 12.2. The Hall–Kier alpha value is -3.26. The van der Waals surface area contributed by atoms with Crippen molar-refractivity contribution in [1.82, 2.24) is 4.98 Å². The number of ether oxygens (including phenoxy) is 1. The highest BCUT2D eigenvalue weighted by Crippen LogP contribution is 2.28. The zero-order valence-electron chi connectivity index (χ0n) is 15.7. The standard InChI is InChI=1S/C20H19N3O4S/c1-12-7-8-13(2)19(14(12)3)27-10-18(24)22-20-21-17(11-28-20)15-5-4-6-16(9-15)23(25)26/h4-9,11H,10H2,1-3H3,(H,21,22,24). The molecule has 1 N–H and O–H groups in total. The van der Waals surface area contributed by atoms with Crippen LogP contribution in [-0.4, -0.2) is 22.4 Å². The van der Waals surface area contributed by atoms with Crippen LogP contribution in [0.25, 0.3) is 11.3 Å². The predicted molar refractivity (Wildman–Crippen MR) is 109 cm³/mol. The van der Waals surface area contributed by atoms with Gasteiger partial charge >= 0.3 is 0 Å². The van der Waals surface area contributed by atoms with Gasteiger partial charge in [0, 0.05) is 23.1 Å². The van der Waals surface area contributed by atoms with Crippen LogP contribution >= 0.6 is 11.3 Å². The molecule has 0 aliphatic rings. The summed E-state index contributed by atoms with van der Waals surface area (Å²) >= 11 is 1.25. The molecule has 3 rings (SSSR count). The molecule has 8 heteroatoms. The number of carbonyl (C=O) groups excluding carboxylic acids is 1. The fourth-order valence-electron chi connectivity index (χ4n) is 2.68. The van der Waals surface area contributed by atoms with E-state index in [1.807, 2.05) is 32.9 Å². The van der Waals surface area contributed by atoms with Gasteiger partial charge in [0.15, 0.2) is 11.7 Å². The Morgan fingerprint density at radius 3 is 2.71 bits per heavy atom. The number of hydrogen-bond acceptors (Lipinski definition) is 6. The number of rotatable bonds is 6. The van der Waals surface area contributed by atoms with Crippen LogP contribution in [0.5, 0.6) is 5.75 Å². The highest BCUT2D eigenvalue weighted by Gasteiger charge is 2.13. The number of carbonyl (C=O) groups is 1. The lowest BCUT2D eigenvalue weighted by molar-refractivity contribution is -0.384. The van der Waals surface area contributed by atoms with Crippen LogP contribution in [0.15, 0.2) is 41.8 Å². The normalized spacial score (nSPS) is 10.5. The average Bonchev–Trinajstić information content (AvgIpc) is 3.13. The highest BCUT2D eigenvalue weighted by molar-refractivity contribution is 7.14. The van der Waals surface area contributed by atoms with E-state index in [-0.39, 0.29) is 18.2 Å². The number of nitrogens with zero attached hydrogens (tertiary/aromatic N) is 2. The van der Waals surface area contributed by atoms with E-state index < -0.39 is 4.92 Å². The lowest BCUT2D eigenvalue weighted by atomic mass is 10.1. The third kappa shape index (κ3) is 4.34. The number of aromatic nitrogens is 1. The van der Waals surface area contributed by atoms with Gasteiger partial charge in [-0.05, 0) is 37.5 Å². The van der Waals surface area contributed by atoms with Crippen molar-refractivity contribution in [3.05, 3.63) is 68.6 Å². The molecule has 0 saturated heterocycles. The van der Waals surface area contributed by atoms with Crippen molar-refractivity contribution in [3.8, 4) is 17.0 Å². The lowest BCUT2D eigenvalue weighted by Crippen LogP contribution is -2.20. The number of nitro groups is 1. The van der Waals surface area contributed by atoms with Gasteiger partial charge < -0.3 is 4.74 Å². The SMILES string of the molecule is Cc1ccc(C)c(OCC(=O)Nc2nc(-c3cccc([N+](=O)[O-])c3)cs2)c1C. The molecule has 0 aliphatic heterocycles. The number of thiazole rings is 1. The van der Waals surface area contributed by atoms with Crippen molar-refractivity contribution in [1.29, 1.82) is 0 Å². The Bertz CT molecular complexity index is 1050. The molecule has 1 heterocycles. The van der Waals surface area contributed by atoms with E-state index in [9.17, 15) is 14.9 Å². The molecule has 3 aromatic rings. The van der Waals surface area contributed by atoms with E-state index in [1.165, 1.54) is 23.5 Å². The van der Waals surface area contributed by atoms with Crippen LogP contribution in [0, 0.1) is 30.9 Å². The second-order valence-corrected chi connectivity index (χ2v) is 7.19. The summed E-state index contributed by atoms with van der Waals surface area (Å²) in [5.41, 5.74) is 4.26. The van der Waals surface area contributed by atoms with E-state index >= 15 is 0 Å². The van der Waals surface area contributed by atoms with Crippen molar-refractivity contribution in [2.75, 3.05) is 11.9 Å². The molecule has 144 valence electrons. The van der Waals surface area contributed by atoms with Gasteiger partial charge in [-0.2, -0.15) is 0 Å². The summed E-state index contributed by atoms with van der Waals surface area (Å²) in [6.07, 6.45) is 0. The van der Waals surface area contributed by atoms with E-state index in [1.54, 1.807) is 17.5 Å². The molecule has 28 heavy (non-hydrogen) atoms. The number of benzene rings is 2. The first kappa shape index (κ1) is 19.5. The van der Waals surface area contributed by atoms with E-state index in [0.29, 0.717) is 22.1 Å². The van der Waals surface area contributed by atoms with Crippen molar-refractivity contribution < 1.29 is 14.5 Å². The third-order valence-electron chi connectivity index (χ3n) is 4.32. The maximum atomic E-state index is 12.2. The van der Waals surface area contributed by atoms with Crippen molar-refractivity contribution in [2.24, 2.45) is 0 Å². The van der Waals surface area contributed by atoms with Gasteiger partial charge in [0.2, 0.25) is 0 Å².